The molecule has 0 unspecified atom stereocenters. The molecule has 2 rings (SSSR count). The second-order valence-electron chi connectivity index (χ2n) is 4.43. The van der Waals surface area contributed by atoms with Crippen molar-refractivity contribution in [3.63, 3.8) is 0 Å². The lowest BCUT2D eigenvalue weighted by Gasteiger charge is -2.15. The van der Waals surface area contributed by atoms with Gasteiger partial charge in [-0.3, -0.25) is 4.90 Å². The fraction of sp³-hybridized carbons (Fsp3) is 0.538. The number of likely N-dealkylation sites (tertiary alicyclic amines) is 1. The molecule has 0 saturated carbocycles. The maximum absolute atomic E-state index is 13.8. The van der Waals surface area contributed by atoms with Crippen molar-refractivity contribution >= 4 is 0 Å². The highest BCUT2D eigenvalue weighted by atomic mass is 19.1. The van der Waals surface area contributed by atoms with Gasteiger partial charge >= 0.3 is 0 Å². The molecular weight excluding hydrogens is 219 g/mol. The van der Waals surface area contributed by atoms with Crippen LogP contribution in [0.4, 0.5) is 4.39 Å². The Hall–Kier alpha value is -0.970. The molecule has 94 valence electrons. The number of rotatable bonds is 5. The Morgan fingerprint density at radius 3 is 2.76 bits per heavy atom. The van der Waals surface area contributed by atoms with E-state index in [0.717, 1.165) is 30.8 Å². The van der Waals surface area contributed by atoms with Crippen LogP contribution in [0.2, 0.25) is 0 Å². The van der Waals surface area contributed by atoms with Crippen LogP contribution in [0, 0.1) is 5.82 Å². The normalized spacial score (nSPS) is 16.6. The third kappa shape index (κ3) is 3.49. The van der Waals surface area contributed by atoms with E-state index >= 15 is 0 Å². The van der Waals surface area contributed by atoms with Gasteiger partial charge in [0.1, 0.15) is 5.82 Å². The Morgan fingerprint density at radius 2 is 2.12 bits per heavy atom. The molecule has 1 fully saturated rings. The molecule has 0 bridgehead atoms. The summed E-state index contributed by atoms with van der Waals surface area (Å²) < 4.78 is 13.8. The van der Waals surface area contributed by atoms with Crippen molar-refractivity contribution < 1.29 is 9.23 Å². The van der Waals surface area contributed by atoms with Crippen molar-refractivity contribution in [3.8, 4) is 0 Å². The van der Waals surface area contributed by atoms with Crippen molar-refractivity contribution in [2.45, 2.75) is 25.9 Å². The number of hydrogen-bond acceptors (Lipinski definition) is 3. The van der Waals surface area contributed by atoms with Gasteiger partial charge in [0.2, 0.25) is 0 Å². The molecule has 1 aromatic rings. The van der Waals surface area contributed by atoms with Gasteiger partial charge in [0, 0.05) is 18.7 Å². The lowest BCUT2D eigenvalue weighted by atomic mass is 10.1. The minimum Gasteiger partial charge on any atom is -0.305 e. The van der Waals surface area contributed by atoms with E-state index in [4.69, 9.17) is 4.84 Å². The van der Waals surface area contributed by atoms with Crippen LogP contribution in [0.25, 0.3) is 0 Å². The third-order valence-corrected chi connectivity index (χ3v) is 3.13. The van der Waals surface area contributed by atoms with Gasteiger partial charge in [-0.1, -0.05) is 12.1 Å². The Bertz CT molecular complexity index is 364. The van der Waals surface area contributed by atoms with E-state index in [0.29, 0.717) is 6.54 Å². The summed E-state index contributed by atoms with van der Waals surface area (Å²) in [5.74, 6) is -0.118. The maximum Gasteiger partial charge on any atom is 0.128 e. The SMILES string of the molecule is CONCc1ccc(CN2CCCC2)c(F)c1. The van der Waals surface area contributed by atoms with Gasteiger partial charge in [0.25, 0.3) is 0 Å². The van der Waals surface area contributed by atoms with Gasteiger partial charge in [-0.05, 0) is 37.6 Å². The van der Waals surface area contributed by atoms with Crippen molar-refractivity contribution in [2.24, 2.45) is 0 Å². The van der Waals surface area contributed by atoms with Crippen LogP contribution < -0.4 is 5.48 Å². The number of benzene rings is 1. The molecule has 0 radical (unpaired) electrons. The Kier molecular flexibility index (Phi) is 4.48. The van der Waals surface area contributed by atoms with E-state index in [2.05, 4.69) is 10.4 Å². The molecule has 1 aliphatic heterocycles. The summed E-state index contributed by atoms with van der Waals surface area (Å²) in [5.41, 5.74) is 4.39. The van der Waals surface area contributed by atoms with E-state index in [1.165, 1.54) is 12.8 Å². The Balaban J connectivity index is 1.98. The monoisotopic (exact) mass is 238 g/mol. The first-order valence-electron chi connectivity index (χ1n) is 6.05. The highest BCUT2D eigenvalue weighted by molar-refractivity contribution is 5.24. The molecule has 0 amide bonds. The van der Waals surface area contributed by atoms with Gasteiger partial charge < -0.3 is 4.84 Å². The summed E-state index contributed by atoms with van der Waals surface area (Å²) in [4.78, 5) is 7.04. The third-order valence-electron chi connectivity index (χ3n) is 3.13. The number of nitrogens with one attached hydrogen (secondary N) is 1. The standard InChI is InChI=1S/C13H19FN2O/c1-17-15-9-11-4-5-12(13(14)8-11)10-16-6-2-3-7-16/h4-5,8,15H,2-3,6-7,9-10H2,1H3. The van der Waals surface area contributed by atoms with Gasteiger partial charge in [0.05, 0.1) is 7.11 Å². The minimum absolute atomic E-state index is 0.118. The van der Waals surface area contributed by atoms with Gasteiger partial charge in [-0.15, -0.1) is 0 Å². The number of halogens is 1. The van der Waals surface area contributed by atoms with E-state index < -0.39 is 0 Å². The zero-order chi connectivity index (χ0) is 12.1. The first-order valence-corrected chi connectivity index (χ1v) is 6.05. The summed E-state index contributed by atoms with van der Waals surface area (Å²) >= 11 is 0. The molecule has 1 aromatic carbocycles. The smallest absolute Gasteiger partial charge is 0.128 e. The molecule has 0 atom stereocenters. The summed E-state index contributed by atoms with van der Waals surface area (Å²) in [5, 5.41) is 0. The zero-order valence-corrected chi connectivity index (χ0v) is 10.2. The number of nitrogens with zero attached hydrogens (tertiary/aromatic N) is 1. The van der Waals surface area contributed by atoms with Crippen molar-refractivity contribution in [1.29, 1.82) is 0 Å². The average molecular weight is 238 g/mol. The van der Waals surface area contributed by atoms with Crippen molar-refractivity contribution in [1.82, 2.24) is 10.4 Å². The molecule has 4 heteroatoms. The van der Waals surface area contributed by atoms with Crippen molar-refractivity contribution in [2.75, 3.05) is 20.2 Å². The summed E-state index contributed by atoms with van der Waals surface area (Å²) in [6, 6.07) is 5.40. The van der Waals surface area contributed by atoms with Crippen LogP contribution in [0.5, 0.6) is 0 Å². The molecule has 1 aliphatic rings. The second-order valence-corrected chi connectivity index (χ2v) is 4.43. The largest absolute Gasteiger partial charge is 0.305 e. The average Bonchev–Trinajstić information content (AvgIpc) is 2.82. The molecule has 0 aliphatic carbocycles. The molecule has 1 heterocycles. The predicted octanol–water partition coefficient (Wildman–Crippen LogP) is 2.07. The van der Waals surface area contributed by atoms with E-state index in [-0.39, 0.29) is 5.82 Å². The molecule has 1 N–H and O–H groups in total. The Morgan fingerprint density at radius 1 is 1.35 bits per heavy atom. The van der Waals surface area contributed by atoms with Crippen LogP contribution in [-0.4, -0.2) is 25.1 Å². The molecule has 3 nitrogen and oxygen atoms in total. The van der Waals surface area contributed by atoms with E-state index in [1.807, 2.05) is 12.1 Å². The van der Waals surface area contributed by atoms with E-state index in [9.17, 15) is 4.39 Å². The van der Waals surface area contributed by atoms with Crippen LogP contribution in [-0.2, 0) is 17.9 Å². The fourth-order valence-electron chi connectivity index (χ4n) is 2.17. The lowest BCUT2D eigenvalue weighted by Crippen LogP contribution is -2.19. The number of hydrogen-bond donors (Lipinski definition) is 1. The summed E-state index contributed by atoms with van der Waals surface area (Å²) in [7, 11) is 1.55. The Labute approximate surface area is 102 Å². The van der Waals surface area contributed by atoms with Gasteiger partial charge in [-0.2, -0.15) is 5.48 Å². The molecule has 1 saturated heterocycles. The topological polar surface area (TPSA) is 24.5 Å². The van der Waals surface area contributed by atoms with Crippen molar-refractivity contribution in [3.05, 3.63) is 35.1 Å². The highest BCUT2D eigenvalue weighted by Crippen LogP contribution is 2.16. The quantitative estimate of drug-likeness (QED) is 0.795. The molecule has 17 heavy (non-hydrogen) atoms. The van der Waals surface area contributed by atoms with Crippen LogP contribution in [0.3, 0.4) is 0 Å². The van der Waals surface area contributed by atoms with Gasteiger partial charge in [-0.25, -0.2) is 4.39 Å². The fourth-order valence-corrected chi connectivity index (χ4v) is 2.17. The highest BCUT2D eigenvalue weighted by Gasteiger charge is 2.13. The van der Waals surface area contributed by atoms with Crippen LogP contribution in [0.1, 0.15) is 24.0 Å². The second kappa shape index (κ2) is 6.10. The van der Waals surface area contributed by atoms with Crippen LogP contribution in [0.15, 0.2) is 18.2 Å². The molecular formula is C13H19FN2O. The minimum atomic E-state index is -0.118. The summed E-state index contributed by atoms with van der Waals surface area (Å²) in [6.07, 6.45) is 2.47. The van der Waals surface area contributed by atoms with Gasteiger partial charge in [0.15, 0.2) is 0 Å². The number of hydroxylamine groups is 1. The van der Waals surface area contributed by atoms with Crippen LogP contribution >= 0.6 is 0 Å². The zero-order valence-electron chi connectivity index (χ0n) is 10.2. The summed E-state index contributed by atoms with van der Waals surface area (Å²) in [6.45, 7) is 3.43. The molecule has 0 spiro atoms. The first kappa shape index (κ1) is 12.5. The maximum atomic E-state index is 13.8. The lowest BCUT2D eigenvalue weighted by molar-refractivity contribution is 0.0866. The first-order chi connectivity index (χ1) is 8.29. The van der Waals surface area contributed by atoms with E-state index in [1.54, 1.807) is 13.2 Å². The predicted molar refractivity (Wildman–Crippen MR) is 64.8 cm³/mol. The molecule has 0 aromatic heterocycles.